The van der Waals surface area contributed by atoms with Crippen LogP contribution in [-0.4, -0.2) is 36.7 Å². The van der Waals surface area contributed by atoms with Gasteiger partial charge in [-0.3, -0.25) is 0 Å². The summed E-state index contributed by atoms with van der Waals surface area (Å²) in [6.07, 6.45) is 0. The highest BCUT2D eigenvalue weighted by Crippen LogP contribution is 1.99. The van der Waals surface area contributed by atoms with E-state index in [0.29, 0.717) is 0 Å². The van der Waals surface area contributed by atoms with Crippen LogP contribution in [0, 0.1) is 0 Å². The molecule has 14 heavy (non-hydrogen) atoms. The minimum absolute atomic E-state index is 0. The van der Waals surface area contributed by atoms with E-state index in [0.717, 1.165) is 6.54 Å². The highest BCUT2D eigenvalue weighted by atomic mass is 35.5. The van der Waals surface area contributed by atoms with E-state index in [2.05, 4.69) is 43.3 Å². The summed E-state index contributed by atoms with van der Waals surface area (Å²) < 4.78 is 0. The summed E-state index contributed by atoms with van der Waals surface area (Å²) in [5.74, 6) is 0. The van der Waals surface area contributed by atoms with Gasteiger partial charge in [0.2, 0.25) is 0 Å². The maximum Gasteiger partial charge on any atom is 0.482 e. The Morgan fingerprint density at radius 3 is 1.93 bits per heavy atom. The quantitative estimate of drug-likeness (QED) is 0.715. The van der Waals surface area contributed by atoms with Gasteiger partial charge in [0.25, 0.3) is 0 Å². The third-order valence-corrected chi connectivity index (χ3v) is 1.34. The van der Waals surface area contributed by atoms with Crippen molar-refractivity contribution >= 4 is 20.1 Å². The first-order valence-corrected chi connectivity index (χ1v) is 3.99. The summed E-state index contributed by atoms with van der Waals surface area (Å²) in [6.45, 7) is 1.03. The smallest absolute Gasteiger partial charge is 0.429 e. The molecule has 5 heteroatoms. The highest BCUT2D eigenvalue weighted by molar-refractivity contribution is 6.13. The fraction of sp³-hybridized carbons (Fsp3) is 0.333. The molecule has 0 saturated carbocycles. The SMILES string of the molecule is CN(C)Cc1ccccc1.Cl.O[B]O. The Kier molecular flexibility index (Phi) is 12.0. The number of hydrogen-bond donors (Lipinski definition) is 2. The lowest BCUT2D eigenvalue weighted by molar-refractivity contribution is 0.402. The molecule has 2 N–H and O–H groups in total. The van der Waals surface area contributed by atoms with Crippen LogP contribution >= 0.6 is 12.4 Å². The third kappa shape index (κ3) is 9.54. The zero-order valence-electron chi connectivity index (χ0n) is 8.42. The molecule has 0 bridgehead atoms. The van der Waals surface area contributed by atoms with Crippen LogP contribution in [0.1, 0.15) is 5.56 Å². The van der Waals surface area contributed by atoms with Gasteiger partial charge in [-0.1, -0.05) is 30.3 Å². The van der Waals surface area contributed by atoms with E-state index < -0.39 is 0 Å². The Morgan fingerprint density at radius 2 is 1.57 bits per heavy atom. The molecule has 0 spiro atoms. The summed E-state index contributed by atoms with van der Waals surface area (Å²) in [7, 11) is 4.15. The van der Waals surface area contributed by atoms with Gasteiger partial charge in [0.1, 0.15) is 0 Å². The zero-order valence-corrected chi connectivity index (χ0v) is 9.24. The van der Waals surface area contributed by atoms with Crippen molar-refractivity contribution in [2.24, 2.45) is 0 Å². The topological polar surface area (TPSA) is 43.7 Å². The minimum Gasteiger partial charge on any atom is -0.429 e. The van der Waals surface area contributed by atoms with E-state index in [9.17, 15) is 0 Å². The lowest BCUT2D eigenvalue weighted by Gasteiger charge is -2.08. The molecule has 1 aromatic carbocycles. The van der Waals surface area contributed by atoms with Crippen LogP contribution in [0.2, 0.25) is 0 Å². The van der Waals surface area contributed by atoms with Gasteiger partial charge in [-0.25, -0.2) is 0 Å². The lowest BCUT2D eigenvalue weighted by Crippen LogP contribution is -2.10. The molecule has 3 nitrogen and oxygen atoms in total. The molecule has 0 amide bonds. The molecule has 79 valence electrons. The van der Waals surface area contributed by atoms with E-state index in [1.54, 1.807) is 0 Å². The first-order valence-electron chi connectivity index (χ1n) is 3.99. The zero-order chi connectivity index (χ0) is 10.1. The van der Waals surface area contributed by atoms with E-state index >= 15 is 0 Å². The van der Waals surface area contributed by atoms with Crippen molar-refractivity contribution in [2.45, 2.75) is 6.54 Å². The monoisotopic (exact) mass is 216 g/mol. The molecule has 0 aliphatic heterocycles. The van der Waals surface area contributed by atoms with Gasteiger partial charge in [0.05, 0.1) is 0 Å². The fourth-order valence-corrected chi connectivity index (χ4v) is 0.949. The van der Waals surface area contributed by atoms with Crippen molar-refractivity contribution in [3.05, 3.63) is 35.9 Å². The summed E-state index contributed by atoms with van der Waals surface area (Å²) in [4.78, 5) is 2.16. The minimum atomic E-state index is 0. The molecular weight excluding hydrogens is 200 g/mol. The number of halogens is 1. The van der Waals surface area contributed by atoms with E-state index in [1.807, 2.05) is 6.07 Å². The van der Waals surface area contributed by atoms with Crippen molar-refractivity contribution in [3.8, 4) is 0 Å². The second-order valence-electron chi connectivity index (χ2n) is 2.84. The number of benzene rings is 1. The van der Waals surface area contributed by atoms with Crippen LogP contribution in [0.4, 0.5) is 0 Å². The average Bonchev–Trinajstić information content (AvgIpc) is 2.06. The van der Waals surface area contributed by atoms with Gasteiger partial charge in [0, 0.05) is 6.54 Å². The van der Waals surface area contributed by atoms with E-state index in [4.69, 9.17) is 10.0 Å². The molecule has 0 unspecified atom stereocenters. The average molecular weight is 216 g/mol. The van der Waals surface area contributed by atoms with Gasteiger partial charge < -0.3 is 14.9 Å². The Morgan fingerprint density at radius 1 is 1.14 bits per heavy atom. The Labute approximate surface area is 92.1 Å². The second-order valence-corrected chi connectivity index (χ2v) is 2.84. The van der Waals surface area contributed by atoms with Crippen molar-refractivity contribution in [1.29, 1.82) is 0 Å². The molecule has 0 atom stereocenters. The number of hydrogen-bond acceptors (Lipinski definition) is 3. The van der Waals surface area contributed by atoms with Crippen LogP contribution in [0.5, 0.6) is 0 Å². The second kappa shape index (κ2) is 10.5. The van der Waals surface area contributed by atoms with Crippen LogP contribution < -0.4 is 0 Å². The third-order valence-electron chi connectivity index (χ3n) is 1.34. The standard InChI is InChI=1S/C9H13N.BH2O2.ClH/c1-10(2)8-9-6-4-3-5-7-9;2-1-3;/h3-7H,8H2,1-2H3;2-3H;1H. The molecule has 1 radical (unpaired) electrons. The number of rotatable bonds is 2. The molecule has 0 saturated heterocycles. The largest absolute Gasteiger partial charge is 0.482 e. The van der Waals surface area contributed by atoms with E-state index in [1.165, 1.54) is 5.56 Å². The highest BCUT2D eigenvalue weighted by Gasteiger charge is 1.90. The van der Waals surface area contributed by atoms with Crippen LogP contribution in [0.25, 0.3) is 0 Å². The van der Waals surface area contributed by atoms with Crippen molar-refractivity contribution < 1.29 is 10.0 Å². The first kappa shape index (κ1) is 15.9. The molecular formula is C9H16BClNO2. The number of nitrogens with zero attached hydrogens (tertiary/aromatic N) is 1. The Balaban J connectivity index is 0. The maximum atomic E-state index is 7.00. The molecule has 0 heterocycles. The summed E-state index contributed by atoms with van der Waals surface area (Å²) >= 11 is 0. The fourth-order valence-electron chi connectivity index (χ4n) is 0.949. The van der Waals surface area contributed by atoms with Gasteiger partial charge in [-0.05, 0) is 19.7 Å². The van der Waals surface area contributed by atoms with E-state index in [-0.39, 0.29) is 20.1 Å². The van der Waals surface area contributed by atoms with Crippen molar-refractivity contribution in [3.63, 3.8) is 0 Å². The van der Waals surface area contributed by atoms with Gasteiger partial charge in [0.15, 0.2) is 0 Å². The predicted octanol–water partition coefficient (Wildman–Crippen LogP) is 0.675. The van der Waals surface area contributed by atoms with Crippen LogP contribution in [0.3, 0.4) is 0 Å². The Hall–Kier alpha value is -0.545. The predicted molar refractivity (Wildman–Crippen MR) is 61.3 cm³/mol. The lowest BCUT2D eigenvalue weighted by atomic mass is 10.2. The first-order chi connectivity index (χ1) is 6.20. The van der Waals surface area contributed by atoms with Gasteiger partial charge in [-0.2, -0.15) is 0 Å². The molecule has 0 aromatic heterocycles. The van der Waals surface area contributed by atoms with Gasteiger partial charge >= 0.3 is 7.69 Å². The molecule has 0 aliphatic carbocycles. The summed E-state index contributed by atoms with van der Waals surface area (Å²) in [5, 5.41) is 14.0. The molecule has 0 fully saturated rings. The molecule has 1 rings (SSSR count). The van der Waals surface area contributed by atoms with Crippen LogP contribution in [-0.2, 0) is 6.54 Å². The van der Waals surface area contributed by atoms with Crippen LogP contribution in [0.15, 0.2) is 30.3 Å². The molecule has 1 aromatic rings. The summed E-state index contributed by atoms with van der Waals surface area (Å²) in [5.41, 5.74) is 1.37. The van der Waals surface area contributed by atoms with Crippen molar-refractivity contribution in [2.75, 3.05) is 14.1 Å². The van der Waals surface area contributed by atoms with Gasteiger partial charge in [-0.15, -0.1) is 12.4 Å². The normalized spacial score (nSPS) is 8.36. The van der Waals surface area contributed by atoms with Crippen molar-refractivity contribution in [1.82, 2.24) is 4.90 Å². The summed E-state index contributed by atoms with van der Waals surface area (Å²) in [6, 6.07) is 10.5. The maximum absolute atomic E-state index is 7.00. The Bertz CT molecular complexity index is 209. The molecule has 0 aliphatic rings.